The van der Waals surface area contributed by atoms with Crippen LogP contribution in [0.5, 0.6) is 11.5 Å². The molecule has 3 aromatic carbocycles. The topological polar surface area (TPSA) is 114 Å². The van der Waals surface area contributed by atoms with E-state index in [1.807, 2.05) is 39.0 Å². The molecule has 1 aliphatic heterocycles. The Morgan fingerprint density at radius 1 is 0.923 bits per heavy atom. The van der Waals surface area contributed by atoms with Crippen LogP contribution < -0.4 is 25.0 Å². The van der Waals surface area contributed by atoms with Crippen LogP contribution in [0.25, 0.3) is 6.08 Å². The predicted octanol–water partition coefficient (Wildman–Crippen LogP) is 4.69. The van der Waals surface area contributed by atoms with Crippen LogP contribution in [0.2, 0.25) is 0 Å². The van der Waals surface area contributed by atoms with E-state index in [-0.39, 0.29) is 18.1 Å². The molecule has 200 valence electrons. The second-order valence-electron chi connectivity index (χ2n) is 9.07. The summed E-state index contributed by atoms with van der Waals surface area (Å²) in [4.78, 5) is 51.7. The molecule has 0 bridgehead atoms. The van der Waals surface area contributed by atoms with Crippen molar-refractivity contribution in [2.45, 2.75) is 27.7 Å². The van der Waals surface area contributed by atoms with Crippen molar-refractivity contribution in [3.05, 3.63) is 88.5 Å². The van der Waals surface area contributed by atoms with Gasteiger partial charge in [0, 0.05) is 5.69 Å². The molecule has 39 heavy (non-hydrogen) atoms. The van der Waals surface area contributed by atoms with Crippen molar-refractivity contribution in [1.29, 1.82) is 0 Å². The quantitative estimate of drug-likeness (QED) is 0.324. The molecule has 0 unspecified atom stereocenters. The zero-order valence-corrected chi connectivity index (χ0v) is 22.2. The second kappa shape index (κ2) is 11.6. The number of imide groups is 2. The molecule has 4 rings (SSSR count). The average molecular weight is 528 g/mol. The molecule has 0 aromatic heterocycles. The summed E-state index contributed by atoms with van der Waals surface area (Å²) in [7, 11) is 0. The number of barbiturate groups is 1. The van der Waals surface area contributed by atoms with E-state index in [0.29, 0.717) is 35.0 Å². The van der Waals surface area contributed by atoms with Crippen LogP contribution in [0.15, 0.2) is 66.2 Å². The molecule has 5 amide bonds. The van der Waals surface area contributed by atoms with Gasteiger partial charge in [0.25, 0.3) is 17.7 Å². The molecular weight excluding hydrogens is 498 g/mol. The third-order valence-corrected chi connectivity index (χ3v) is 6.09. The molecule has 2 N–H and O–H groups in total. The Morgan fingerprint density at radius 3 is 2.44 bits per heavy atom. The lowest BCUT2D eigenvalue weighted by Crippen LogP contribution is -2.54. The van der Waals surface area contributed by atoms with E-state index >= 15 is 0 Å². The summed E-state index contributed by atoms with van der Waals surface area (Å²) in [6.07, 6.45) is 1.38. The fourth-order valence-corrected chi connectivity index (χ4v) is 3.99. The maximum Gasteiger partial charge on any atom is 0.335 e. The zero-order valence-electron chi connectivity index (χ0n) is 22.2. The number of amides is 5. The fourth-order valence-electron chi connectivity index (χ4n) is 3.99. The van der Waals surface area contributed by atoms with E-state index in [1.54, 1.807) is 49.4 Å². The van der Waals surface area contributed by atoms with Crippen molar-refractivity contribution in [2.75, 3.05) is 23.4 Å². The number of rotatable bonds is 8. The first-order valence-electron chi connectivity index (χ1n) is 12.4. The molecule has 0 atom stereocenters. The molecule has 1 saturated heterocycles. The smallest absolute Gasteiger partial charge is 0.335 e. The Morgan fingerprint density at radius 2 is 1.72 bits per heavy atom. The molecule has 1 heterocycles. The lowest BCUT2D eigenvalue weighted by atomic mass is 10.0. The van der Waals surface area contributed by atoms with Crippen LogP contribution in [-0.4, -0.2) is 37.0 Å². The number of carbonyl (C=O) groups excluding carboxylic acids is 4. The zero-order chi connectivity index (χ0) is 28.1. The number of nitrogens with one attached hydrogen (secondary N) is 2. The van der Waals surface area contributed by atoms with Crippen molar-refractivity contribution < 1.29 is 28.7 Å². The number of ether oxygens (including phenoxy) is 2. The number of hydrogen-bond acceptors (Lipinski definition) is 6. The average Bonchev–Trinajstić information content (AvgIpc) is 2.88. The lowest BCUT2D eigenvalue weighted by Gasteiger charge is -2.27. The molecule has 9 nitrogen and oxygen atoms in total. The minimum Gasteiger partial charge on any atom is -0.490 e. The maximum absolute atomic E-state index is 13.2. The fraction of sp³-hybridized carbons (Fsp3) is 0.200. The van der Waals surface area contributed by atoms with E-state index in [1.165, 1.54) is 6.08 Å². The van der Waals surface area contributed by atoms with E-state index in [4.69, 9.17) is 9.47 Å². The van der Waals surface area contributed by atoms with Crippen molar-refractivity contribution in [2.24, 2.45) is 0 Å². The normalized spacial score (nSPS) is 14.3. The number of benzene rings is 3. The maximum atomic E-state index is 13.2. The van der Waals surface area contributed by atoms with Gasteiger partial charge in [-0.2, -0.15) is 0 Å². The Bertz CT molecular complexity index is 1490. The van der Waals surface area contributed by atoms with Crippen LogP contribution in [-0.2, 0) is 14.4 Å². The molecule has 9 heteroatoms. The molecule has 0 saturated carbocycles. The highest BCUT2D eigenvalue weighted by molar-refractivity contribution is 6.39. The number of aryl methyl sites for hydroxylation is 3. The number of anilines is 2. The summed E-state index contributed by atoms with van der Waals surface area (Å²) in [6, 6.07) is 16.6. The van der Waals surface area contributed by atoms with Gasteiger partial charge in [0.05, 0.1) is 12.3 Å². The highest BCUT2D eigenvalue weighted by Crippen LogP contribution is 2.30. The Labute approximate surface area is 226 Å². The molecule has 0 spiro atoms. The van der Waals surface area contributed by atoms with Gasteiger partial charge in [0.2, 0.25) is 0 Å². The summed E-state index contributed by atoms with van der Waals surface area (Å²) >= 11 is 0. The first kappa shape index (κ1) is 27.1. The largest absolute Gasteiger partial charge is 0.490 e. The van der Waals surface area contributed by atoms with Gasteiger partial charge >= 0.3 is 6.03 Å². The predicted molar refractivity (Wildman–Crippen MR) is 148 cm³/mol. The van der Waals surface area contributed by atoms with Gasteiger partial charge in [-0.15, -0.1) is 0 Å². The van der Waals surface area contributed by atoms with Gasteiger partial charge < -0.3 is 14.8 Å². The van der Waals surface area contributed by atoms with E-state index in [2.05, 4.69) is 10.6 Å². The Kier molecular flexibility index (Phi) is 8.10. The highest BCUT2D eigenvalue weighted by Gasteiger charge is 2.37. The third-order valence-electron chi connectivity index (χ3n) is 6.09. The van der Waals surface area contributed by atoms with Crippen LogP contribution in [0.4, 0.5) is 16.2 Å². The van der Waals surface area contributed by atoms with Crippen LogP contribution in [0.3, 0.4) is 0 Å². The SMILES string of the molecule is CCOc1cc(/C=C2\C(=O)NC(=O)N(c3ccc(C)c(C)c3)C2=O)ccc1OCC(=O)Nc1cccc(C)c1. The van der Waals surface area contributed by atoms with Gasteiger partial charge in [-0.3, -0.25) is 19.7 Å². The van der Waals surface area contributed by atoms with E-state index < -0.39 is 17.8 Å². The van der Waals surface area contributed by atoms with Crippen molar-refractivity contribution in [1.82, 2.24) is 5.32 Å². The first-order chi connectivity index (χ1) is 18.7. The highest BCUT2D eigenvalue weighted by atomic mass is 16.5. The molecule has 3 aromatic rings. The minimum atomic E-state index is -0.812. The standard InChI is InChI=1S/C30H29N3O6/c1-5-38-26-16-21(10-12-25(26)39-17-27(34)31-22-8-6-7-18(2)13-22)15-24-28(35)32-30(37)33(29(24)36)23-11-9-19(3)20(4)14-23/h6-16H,5,17H2,1-4H3,(H,31,34)(H,32,35,37)/b24-15+. The van der Waals surface area contributed by atoms with E-state index in [0.717, 1.165) is 21.6 Å². The molecule has 0 radical (unpaired) electrons. The van der Waals surface area contributed by atoms with Gasteiger partial charge in [-0.05, 0) is 92.4 Å². The summed E-state index contributed by atoms with van der Waals surface area (Å²) in [6.45, 7) is 7.60. The first-order valence-corrected chi connectivity index (χ1v) is 12.4. The monoisotopic (exact) mass is 527 g/mol. The summed E-state index contributed by atoms with van der Waals surface area (Å²) < 4.78 is 11.4. The number of urea groups is 1. The molecule has 0 aliphatic carbocycles. The van der Waals surface area contributed by atoms with Gasteiger partial charge in [-0.1, -0.05) is 24.3 Å². The van der Waals surface area contributed by atoms with Crippen molar-refractivity contribution in [3.8, 4) is 11.5 Å². The minimum absolute atomic E-state index is 0.207. The van der Waals surface area contributed by atoms with Gasteiger partial charge in [0.1, 0.15) is 5.57 Å². The van der Waals surface area contributed by atoms with Crippen LogP contribution in [0.1, 0.15) is 29.2 Å². The van der Waals surface area contributed by atoms with Gasteiger partial charge in [-0.25, -0.2) is 9.69 Å². The second-order valence-corrected chi connectivity index (χ2v) is 9.07. The molecule has 1 fully saturated rings. The third kappa shape index (κ3) is 6.32. The number of carbonyl (C=O) groups is 4. The molecule has 1 aliphatic rings. The Hall–Kier alpha value is -4.92. The summed E-state index contributed by atoms with van der Waals surface area (Å²) in [5.74, 6) is -1.21. The van der Waals surface area contributed by atoms with Crippen molar-refractivity contribution in [3.63, 3.8) is 0 Å². The van der Waals surface area contributed by atoms with Gasteiger partial charge in [0.15, 0.2) is 18.1 Å². The number of nitrogens with zero attached hydrogens (tertiary/aromatic N) is 1. The summed E-state index contributed by atoms with van der Waals surface area (Å²) in [5, 5.41) is 5.01. The lowest BCUT2D eigenvalue weighted by molar-refractivity contribution is -0.122. The molecular formula is C30H29N3O6. The van der Waals surface area contributed by atoms with Crippen LogP contribution >= 0.6 is 0 Å². The van der Waals surface area contributed by atoms with Crippen LogP contribution in [0, 0.1) is 20.8 Å². The Balaban J connectivity index is 1.54. The summed E-state index contributed by atoms with van der Waals surface area (Å²) in [5.41, 5.74) is 4.22. The van der Waals surface area contributed by atoms with Crippen molar-refractivity contribution >= 4 is 41.2 Å². The van der Waals surface area contributed by atoms with E-state index in [9.17, 15) is 19.2 Å². The number of hydrogen-bond donors (Lipinski definition) is 2.